The van der Waals surface area contributed by atoms with Crippen molar-refractivity contribution in [2.45, 2.75) is 19.9 Å². The van der Waals surface area contributed by atoms with Crippen LogP contribution < -0.4 is 15.5 Å². The molecule has 1 aliphatic heterocycles. The minimum atomic E-state index is 0. The summed E-state index contributed by atoms with van der Waals surface area (Å²) in [6, 6.07) is 4.25. The summed E-state index contributed by atoms with van der Waals surface area (Å²) in [6.07, 6.45) is 2.96. The summed E-state index contributed by atoms with van der Waals surface area (Å²) in [6.45, 7) is 12.0. The van der Waals surface area contributed by atoms with E-state index in [-0.39, 0.29) is 24.0 Å². The van der Waals surface area contributed by atoms with E-state index in [4.69, 9.17) is 4.74 Å². The van der Waals surface area contributed by atoms with Crippen molar-refractivity contribution in [2.24, 2.45) is 4.99 Å². The maximum absolute atomic E-state index is 5.10. The third-order valence-electron chi connectivity index (χ3n) is 5.31. The summed E-state index contributed by atoms with van der Waals surface area (Å²) in [7, 11) is 5.69. The Morgan fingerprint density at radius 2 is 2.00 bits per heavy atom. The molecule has 1 aromatic rings. The first kappa shape index (κ1) is 26.9. The maximum Gasteiger partial charge on any atom is 0.191 e. The van der Waals surface area contributed by atoms with Crippen LogP contribution in [0.2, 0.25) is 0 Å². The van der Waals surface area contributed by atoms with Gasteiger partial charge in [-0.15, -0.1) is 24.0 Å². The molecule has 2 heterocycles. The number of halogens is 1. The normalized spacial score (nSPS) is 15.2. The number of rotatable bonds is 11. The summed E-state index contributed by atoms with van der Waals surface area (Å²) < 4.78 is 5.10. The minimum Gasteiger partial charge on any atom is -0.385 e. The number of aliphatic imine (C=N–C) groups is 1. The lowest BCUT2D eigenvalue weighted by Crippen LogP contribution is -2.46. The molecule has 0 bridgehead atoms. The predicted molar refractivity (Wildman–Crippen MR) is 136 cm³/mol. The number of aromatic nitrogens is 1. The van der Waals surface area contributed by atoms with Crippen LogP contribution in [0.25, 0.3) is 0 Å². The van der Waals surface area contributed by atoms with Crippen LogP contribution in [0.4, 0.5) is 5.82 Å². The topological polar surface area (TPSA) is 68.3 Å². The molecular formula is C21H40IN7O. The second-order valence-electron chi connectivity index (χ2n) is 7.45. The van der Waals surface area contributed by atoms with Crippen LogP contribution in [0.5, 0.6) is 0 Å². The molecule has 172 valence electrons. The van der Waals surface area contributed by atoms with Gasteiger partial charge < -0.3 is 30.1 Å². The number of nitrogens with zero attached hydrogens (tertiary/aromatic N) is 5. The second-order valence-corrected chi connectivity index (χ2v) is 7.45. The Kier molecular flexibility index (Phi) is 14.0. The van der Waals surface area contributed by atoms with Crippen molar-refractivity contribution in [2.75, 3.05) is 85.1 Å². The van der Waals surface area contributed by atoms with Gasteiger partial charge in [0.1, 0.15) is 5.82 Å². The van der Waals surface area contributed by atoms with Crippen LogP contribution in [-0.2, 0) is 11.3 Å². The highest BCUT2D eigenvalue weighted by Crippen LogP contribution is 2.15. The highest BCUT2D eigenvalue weighted by Gasteiger charge is 2.16. The number of hydrogen-bond donors (Lipinski definition) is 2. The van der Waals surface area contributed by atoms with E-state index in [1.165, 1.54) is 5.56 Å². The number of ether oxygens (including phenoxy) is 1. The Morgan fingerprint density at radius 1 is 1.23 bits per heavy atom. The summed E-state index contributed by atoms with van der Waals surface area (Å²) in [5.41, 5.74) is 1.22. The molecule has 1 aromatic heterocycles. The molecule has 2 N–H and O–H groups in total. The smallest absolute Gasteiger partial charge is 0.191 e. The van der Waals surface area contributed by atoms with E-state index in [0.29, 0.717) is 0 Å². The first-order valence-electron chi connectivity index (χ1n) is 10.7. The van der Waals surface area contributed by atoms with Gasteiger partial charge >= 0.3 is 0 Å². The standard InChI is InChI=1S/C21H39N7O.HI/c1-5-27-12-14-28(15-13-27)20-17-19(7-8-23-20)18-25-21(22-2)24-9-11-26(3)10-6-16-29-4;/h7-8,17H,5-6,9-16,18H2,1-4H3,(H2,22,24,25);1H. The number of likely N-dealkylation sites (N-methyl/N-ethyl adjacent to an activating group) is 2. The minimum absolute atomic E-state index is 0. The predicted octanol–water partition coefficient (Wildman–Crippen LogP) is 1.47. The molecular weight excluding hydrogens is 493 g/mol. The van der Waals surface area contributed by atoms with Crippen molar-refractivity contribution in [1.29, 1.82) is 0 Å². The van der Waals surface area contributed by atoms with E-state index in [1.54, 1.807) is 7.11 Å². The zero-order valence-corrected chi connectivity index (χ0v) is 21.4. The Morgan fingerprint density at radius 3 is 2.67 bits per heavy atom. The first-order valence-corrected chi connectivity index (χ1v) is 10.7. The number of pyridine rings is 1. The van der Waals surface area contributed by atoms with Crippen LogP contribution in [0, 0.1) is 0 Å². The highest BCUT2D eigenvalue weighted by molar-refractivity contribution is 14.0. The van der Waals surface area contributed by atoms with Crippen LogP contribution in [0.3, 0.4) is 0 Å². The number of hydrogen-bond acceptors (Lipinski definition) is 6. The van der Waals surface area contributed by atoms with Crippen molar-refractivity contribution in [3.05, 3.63) is 23.9 Å². The van der Waals surface area contributed by atoms with Crippen molar-refractivity contribution < 1.29 is 4.74 Å². The summed E-state index contributed by atoms with van der Waals surface area (Å²) in [5, 5.41) is 6.79. The Hall–Kier alpha value is -1.17. The Balaban J connectivity index is 0.00000450. The molecule has 1 fully saturated rings. The Labute approximate surface area is 199 Å². The molecule has 2 rings (SSSR count). The SMILES string of the molecule is CCN1CCN(c2cc(CNC(=NC)NCCN(C)CCCOC)ccn2)CC1.I. The maximum atomic E-state index is 5.10. The van der Waals surface area contributed by atoms with Gasteiger partial charge in [-0.1, -0.05) is 6.92 Å². The van der Waals surface area contributed by atoms with Crippen molar-refractivity contribution >= 4 is 35.8 Å². The third kappa shape index (κ3) is 9.76. The van der Waals surface area contributed by atoms with Gasteiger partial charge in [0.05, 0.1) is 0 Å². The van der Waals surface area contributed by atoms with Gasteiger partial charge in [-0.2, -0.15) is 0 Å². The van der Waals surface area contributed by atoms with Gasteiger partial charge in [0, 0.05) is 79.3 Å². The van der Waals surface area contributed by atoms with Crippen molar-refractivity contribution in [3.8, 4) is 0 Å². The van der Waals surface area contributed by atoms with Crippen molar-refractivity contribution in [3.63, 3.8) is 0 Å². The molecule has 0 unspecified atom stereocenters. The number of piperazine rings is 1. The number of methoxy groups -OCH3 is 1. The van der Waals surface area contributed by atoms with Gasteiger partial charge in [-0.3, -0.25) is 4.99 Å². The lowest BCUT2D eigenvalue weighted by atomic mass is 10.2. The Bertz CT molecular complexity index is 609. The molecule has 1 saturated heterocycles. The van der Waals surface area contributed by atoms with E-state index in [9.17, 15) is 0 Å². The van der Waals surface area contributed by atoms with Gasteiger partial charge in [0.25, 0.3) is 0 Å². The molecule has 0 atom stereocenters. The number of guanidine groups is 1. The van der Waals surface area contributed by atoms with Crippen molar-refractivity contribution in [1.82, 2.24) is 25.4 Å². The van der Waals surface area contributed by atoms with Gasteiger partial charge in [0.2, 0.25) is 0 Å². The fourth-order valence-corrected chi connectivity index (χ4v) is 3.40. The average Bonchev–Trinajstić information content (AvgIpc) is 2.76. The zero-order chi connectivity index (χ0) is 20.9. The van der Waals surface area contributed by atoms with Crippen LogP contribution in [-0.4, -0.2) is 101 Å². The monoisotopic (exact) mass is 533 g/mol. The highest BCUT2D eigenvalue weighted by atomic mass is 127. The van der Waals surface area contributed by atoms with E-state index in [1.807, 2.05) is 13.2 Å². The lowest BCUT2D eigenvalue weighted by molar-refractivity contribution is 0.180. The molecule has 0 spiro atoms. The third-order valence-corrected chi connectivity index (χ3v) is 5.31. The first-order chi connectivity index (χ1) is 14.2. The summed E-state index contributed by atoms with van der Waals surface area (Å²) >= 11 is 0. The molecule has 30 heavy (non-hydrogen) atoms. The largest absolute Gasteiger partial charge is 0.385 e. The molecule has 0 amide bonds. The van der Waals surface area contributed by atoms with Gasteiger partial charge in [-0.05, 0) is 37.7 Å². The fraction of sp³-hybridized carbons (Fsp3) is 0.714. The van der Waals surface area contributed by atoms with Crippen LogP contribution >= 0.6 is 24.0 Å². The van der Waals surface area contributed by atoms with Crippen LogP contribution in [0.15, 0.2) is 23.3 Å². The summed E-state index contributed by atoms with van der Waals surface area (Å²) in [5.74, 6) is 1.89. The fourth-order valence-electron chi connectivity index (χ4n) is 3.40. The molecule has 0 aliphatic carbocycles. The summed E-state index contributed by atoms with van der Waals surface area (Å²) in [4.78, 5) is 16.1. The average molecular weight is 534 g/mol. The molecule has 8 nitrogen and oxygen atoms in total. The van der Waals surface area contributed by atoms with E-state index >= 15 is 0 Å². The van der Waals surface area contributed by atoms with Crippen LogP contribution in [0.1, 0.15) is 18.9 Å². The molecule has 1 aliphatic rings. The van der Waals surface area contributed by atoms with Gasteiger partial charge in [-0.25, -0.2) is 4.98 Å². The molecule has 9 heteroatoms. The molecule has 0 aromatic carbocycles. The molecule has 0 radical (unpaired) electrons. The van der Waals surface area contributed by atoms with E-state index in [0.717, 1.165) is 83.7 Å². The quantitative estimate of drug-likeness (QED) is 0.193. The molecule has 0 saturated carbocycles. The zero-order valence-electron chi connectivity index (χ0n) is 19.1. The number of anilines is 1. The lowest BCUT2D eigenvalue weighted by Gasteiger charge is -2.34. The van der Waals surface area contributed by atoms with E-state index in [2.05, 4.69) is 61.4 Å². The second kappa shape index (κ2) is 15.6. The van der Waals surface area contributed by atoms with E-state index < -0.39 is 0 Å². The van der Waals surface area contributed by atoms with Gasteiger partial charge in [0.15, 0.2) is 5.96 Å². The number of nitrogens with one attached hydrogen (secondary N) is 2.